The van der Waals surface area contributed by atoms with Gasteiger partial charge in [-0.15, -0.1) is 0 Å². The van der Waals surface area contributed by atoms with Crippen LogP contribution in [0.15, 0.2) is 12.0 Å². The predicted molar refractivity (Wildman–Crippen MR) is 49.5 cm³/mol. The van der Waals surface area contributed by atoms with Crippen molar-refractivity contribution in [3.63, 3.8) is 0 Å². The molecule has 2 unspecified atom stereocenters. The second kappa shape index (κ2) is 3.76. The van der Waals surface area contributed by atoms with Crippen molar-refractivity contribution < 1.29 is 13.4 Å². The van der Waals surface area contributed by atoms with Crippen LogP contribution in [0.4, 0.5) is 9.18 Å². The molecule has 0 radical (unpaired) electrons. The summed E-state index contributed by atoms with van der Waals surface area (Å²) in [6.07, 6.45) is 0.173. The van der Waals surface area contributed by atoms with Crippen LogP contribution in [0.5, 0.6) is 0 Å². The molecule has 0 aliphatic carbocycles. The third-order valence-electron chi connectivity index (χ3n) is 2.09. The lowest BCUT2D eigenvalue weighted by molar-refractivity contribution is 0.0497. The maximum Gasteiger partial charge on any atom is 0.325 e. The van der Waals surface area contributed by atoms with E-state index in [2.05, 4.69) is 5.32 Å². The van der Waals surface area contributed by atoms with Crippen LogP contribution in [0.1, 0.15) is 6.42 Å². The molecule has 7 heteroatoms. The van der Waals surface area contributed by atoms with Crippen LogP contribution < -0.4 is 11.1 Å². The van der Waals surface area contributed by atoms with Crippen LogP contribution in [-0.2, 0) is 4.18 Å². The Morgan fingerprint density at radius 2 is 2.57 bits per heavy atom. The molecule has 5 nitrogen and oxygen atoms in total. The molecule has 2 heterocycles. The second-order valence-electron chi connectivity index (χ2n) is 2.99. The lowest BCUT2D eigenvalue weighted by Gasteiger charge is -2.34. The topological polar surface area (TPSA) is 67.6 Å². The Balaban J connectivity index is 2.15. The fourth-order valence-corrected chi connectivity index (χ4v) is 2.11. The first-order valence-corrected chi connectivity index (χ1v) is 5.09. The van der Waals surface area contributed by atoms with Gasteiger partial charge in [-0.25, -0.2) is 9.18 Å². The molecule has 0 aromatic rings. The molecule has 14 heavy (non-hydrogen) atoms. The van der Waals surface area contributed by atoms with E-state index < -0.39 is 24.3 Å². The van der Waals surface area contributed by atoms with Gasteiger partial charge >= 0.3 is 6.03 Å². The summed E-state index contributed by atoms with van der Waals surface area (Å²) in [7, 11) is 0. The number of hydrogen-bond acceptors (Lipinski definition) is 4. The molecular formula is C7H10FN3O2S. The zero-order chi connectivity index (χ0) is 10.1. The van der Waals surface area contributed by atoms with Gasteiger partial charge < -0.3 is 11.1 Å². The third kappa shape index (κ3) is 1.58. The molecule has 2 rings (SSSR count). The number of amides is 2. The summed E-state index contributed by atoms with van der Waals surface area (Å²) in [4.78, 5) is 12.5. The number of carbonyl (C=O) groups excluding carboxylic acids is 1. The molecule has 1 fully saturated rings. The van der Waals surface area contributed by atoms with E-state index in [1.54, 1.807) is 0 Å². The minimum Gasteiger partial charge on any atom is -0.312 e. The zero-order valence-electron chi connectivity index (χ0n) is 7.27. The van der Waals surface area contributed by atoms with E-state index in [9.17, 15) is 9.18 Å². The van der Waals surface area contributed by atoms with E-state index >= 15 is 0 Å². The Bertz CT molecular complexity index is 280. The molecule has 2 amide bonds. The molecule has 1 saturated heterocycles. The average Bonchev–Trinajstić information content (AvgIpc) is 2.65. The lowest BCUT2D eigenvalue weighted by Crippen LogP contribution is -2.57. The van der Waals surface area contributed by atoms with Gasteiger partial charge in [0.2, 0.25) is 0 Å². The number of carbonyl (C=O) groups is 1. The van der Waals surface area contributed by atoms with Gasteiger partial charge in [-0.3, -0.25) is 9.08 Å². The van der Waals surface area contributed by atoms with Gasteiger partial charge in [0.05, 0.1) is 0 Å². The predicted octanol–water partition coefficient (Wildman–Crippen LogP) is 0.502. The van der Waals surface area contributed by atoms with Crippen LogP contribution in [0, 0.1) is 0 Å². The number of halogens is 1. The molecule has 0 bridgehead atoms. The van der Waals surface area contributed by atoms with Crippen LogP contribution in [0.2, 0.25) is 0 Å². The van der Waals surface area contributed by atoms with E-state index in [1.807, 2.05) is 0 Å². The minimum atomic E-state index is -1.03. The van der Waals surface area contributed by atoms with E-state index in [1.165, 1.54) is 16.9 Å². The van der Waals surface area contributed by atoms with E-state index in [0.717, 1.165) is 12.0 Å². The van der Waals surface area contributed by atoms with E-state index in [-0.39, 0.29) is 0 Å². The second-order valence-corrected chi connectivity index (χ2v) is 3.83. The smallest absolute Gasteiger partial charge is 0.312 e. The summed E-state index contributed by atoms with van der Waals surface area (Å²) in [6.45, 7) is 0. The molecule has 2 aliphatic rings. The quantitative estimate of drug-likeness (QED) is 0.630. The molecule has 0 spiro atoms. The Morgan fingerprint density at radius 1 is 1.79 bits per heavy atom. The van der Waals surface area contributed by atoms with Crippen molar-refractivity contribution in [3.05, 3.63) is 12.0 Å². The van der Waals surface area contributed by atoms with E-state index in [0.29, 0.717) is 6.42 Å². The summed E-state index contributed by atoms with van der Waals surface area (Å²) in [5.41, 5.74) is 5.53. The molecule has 0 aromatic heterocycles. The zero-order valence-corrected chi connectivity index (χ0v) is 8.09. The molecule has 0 saturated carbocycles. The first-order valence-electron chi connectivity index (χ1n) is 4.18. The van der Waals surface area contributed by atoms with E-state index in [4.69, 9.17) is 9.92 Å². The highest BCUT2D eigenvalue weighted by atomic mass is 32.2. The van der Waals surface area contributed by atoms with Gasteiger partial charge in [0.1, 0.15) is 12.4 Å². The van der Waals surface area contributed by atoms with Crippen molar-refractivity contribution in [3.8, 4) is 0 Å². The monoisotopic (exact) mass is 219 g/mol. The van der Waals surface area contributed by atoms with Gasteiger partial charge in [0.25, 0.3) is 0 Å². The van der Waals surface area contributed by atoms with Crippen molar-refractivity contribution in [1.29, 1.82) is 0 Å². The maximum atomic E-state index is 13.1. The van der Waals surface area contributed by atoms with Crippen LogP contribution in [0.25, 0.3) is 0 Å². The molecule has 0 aromatic carbocycles. The molecule has 78 valence electrons. The Labute approximate surface area is 84.6 Å². The Hall–Kier alpha value is -0.790. The van der Waals surface area contributed by atoms with Crippen molar-refractivity contribution >= 4 is 18.1 Å². The van der Waals surface area contributed by atoms with Crippen LogP contribution in [-0.4, -0.2) is 29.1 Å². The van der Waals surface area contributed by atoms with Crippen LogP contribution in [0.3, 0.4) is 0 Å². The number of nitrogens with two attached hydrogens (primary N) is 1. The summed E-state index contributed by atoms with van der Waals surface area (Å²) < 4.78 is 18.3. The van der Waals surface area contributed by atoms with Crippen LogP contribution >= 0.6 is 12.0 Å². The minimum absolute atomic E-state index is 0.425. The number of urea groups is 1. The number of hydrogen-bond donors (Lipinski definition) is 2. The normalized spacial score (nSPS) is 32.9. The van der Waals surface area contributed by atoms with Crippen molar-refractivity contribution in [2.75, 3.05) is 5.75 Å². The fraction of sp³-hybridized carbons (Fsp3) is 0.571. The molecule has 2 atom stereocenters. The summed E-state index contributed by atoms with van der Waals surface area (Å²) in [5, 5.41) is 2.27. The van der Waals surface area contributed by atoms with Crippen molar-refractivity contribution in [2.45, 2.75) is 18.8 Å². The fourth-order valence-electron chi connectivity index (χ4n) is 1.37. The number of nitrogens with one attached hydrogen (secondary N) is 1. The molecule has 2 aliphatic heterocycles. The SMILES string of the molecule is NC1C(F)=CNC(=O)N1C1CCSO1. The highest BCUT2D eigenvalue weighted by Crippen LogP contribution is 2.27. The number of rotatable bonds is 1. The standard InChI is InChI=1S/C7H10FN3O2S/c8-4-3-10-7(12)11(6(4)9)5-1-2-14-13-5/h3,5-6H,1-2,9H2,(H,10,12). The largest absolute Gasteiger partial charge is 0.325 e. The summed E-state index contributed by atoms with van der Waals surface area (Å²) in [5.74, 6) is 0.220. The van der Waals surface area contributed by atoms with Gasteiger partial charge in [0.15, 0.2) is 5.83 Å². The van der Waals surface area contributed by atoms with Gasteiger partial charge in [-0.2, -0.15) is 0 Å². The van der Waals surface area contributed by atoms with Gasteiger partial charge in [-0.05, 0) is 12.0 Å². The third-order valence-corrected chi connectivity index (χ3v) is 2.85. The summed E-state index contributed by atoms with van der Waals surface area (Å²) >= 11 is 1.26. The number of nitrogens with zero attached hydrogens (tertiary/aromatic N) is 1. The summed E-state index contributed by atoms with van der Waals surface area (Å²) in [6, 6.07) is -0.425. The average molecular weight is 219 g/mol. The molecular weight excluding hydrogens is 209 g/mol. The maximum absolute atomic E-state index is 13.1. The Kier molecular flexibility index (Phi) is 2.62. The van der Waals surface area contributed by atoms with Crippen molar-refractivity contribution in [1.82, 2.24) is 10.2 Å². The van der Waals surface area contributed by atoms with Crippen molar-refractivity contribution in [2.24, 2.45) is 5.73 Å². The first kappa shape index (κ1) is 9.75. The lowest BCUT2D eigenvalue weighted by atomic mass is 10.3. The van der Waals surface area contributed by atoms with Gasteiger partial charge in [0, 0.05) is 18.4 Å². The highest BCUT2D eigenvalue weighted by molar-refractivity contribution is 7.94. The first-order chi connectivity index (χ1) is 6.70. The van der Waals surface area contributed by atoms with Gasteiger partial charge in [-0.1, -0.05) is 0 Å². The molecule has 3 N–H and O–H groups in total. The Morgan fingerprint density at radius 3 is 3.21 bits per heavy atom. The highest BCUT2D eigenvalue weighted by Gasteiger charge is 2.36.